The number of rotatable bonds is 6. The molecule has 4 nitrogen and oxygen atoms in total. The van der Waals surface area contributed by atoms with Crippen LogP contribution < -0.4 is 5.32 Å². The lowest BCUT2D eigenvalue weighted by Crippen LogP contribution is -2.28. The minimum Gasteiger partial charge on any atom is -0.316 e. The first-order valence-electron chi connectivity index (χ1n) is 6.07. The van der Waals surface area contributed by atoms with Gasteiger partial charge in [0.05, 0.1) is 11.9 Å². The van der Waals surface area contributed by atoms with Crippen molar-refractivity contribution in [3.63, 3.8) is 0 Å². The molecular weight excluding hydrogens is 200 g/mol. The molecular formula is C12H24N4. The Morgan fingerprint density at radius 1 is 1.25 bits per heavy atom. The Morgan fingerprint density at radius 2 is 1.94 bits per heavy atom. The third kappa shape index (κ3) is 3.59. The van der Waals surface area contributed by atoms with Gasteiger partial charge in [0.2, 0.25) is 0 Å². The predicted molar refractivity (Wildman–Crippen MR) is 66.3 cm³/mol. The topological polar surface area (TPSA) is 42.7 Å². The molecule has 4 heteroatoms. The van der Waals surface area contributed by atoms with Gasteiger partial charge in [0.15, 0.2) is 0 Å². The van der Waals surface area contributed by atoms with E-state index in [2.05, 4.69) is 43.3 Å². The van der Waals surface area contributed by atoms with Gasteiger partial charge in [-0.1, -0.05) is 32.9 Å². The zero-order valence-electron chi connectivity index (χ0n) is 11.1. The molecule has 2 unspecified atom stereocenters. The van der Waals surface area contributed by atoms with Crippen LogP contribution in [-0.4, -0.2) is 28.1 Å². The standard InChI is InChI=1S/C12H24N4/c1-9(2)6-13-7-10(3)11(4)12-8-14-15-16(12)5/h8-11,13H,6-7H2,1-5H3. The lowest BCUT2D eigenvalue weighted by atomic mass is 9.93. The summed E-state index contributed by atoms with van der Waals surface area (Å²) in [5.41, 5.74) is 1.21. The van der Waals surface area contributed by atoms with Crippen LogP contribution in [0.25, 0.3) is 0 Å². The summed E-state index contributed by atoms with van der Waals surface area (Å²) in [5, 5.41) is 11.4. The first-order chi connectivity index (χ1) is 7.52. The number of aryl methyl sites for hydroxylation is 1. The summed E-state index contributed by atoms with van der Waals surface area (Å²) in [6.45, 7) is 11.1. The van der Waals surface area contributed by atoms with Crippen LogP contribution in [0.1, 0.15) is 39.3 Å². The second-order valence-electron chi connectivity index (χ2n) is 5.10. The average Bonchev–Trinajstić information content (AvgIpc) is 2.62. The number of nitrogens with zero attached hydrogens (tertiary/aromatic N) is 3. The Morgan fingerprint density at radius 3 is 2.44 bits per heavy atom. The molecule has 1 aromatic heterocycles. The van der Waals surface area contributed by atoms with E-state index < -0.39 is 0 Å². The molecule has 16 heavy (non-hydrogen) atoms. The number of hydrogen-bond acceptors (Lipinski definition) is 3. The van der Waals surface area contributed by atoms with Crippen LogP contribution in [-0.2, 0) is 7.05 Å². The van der Waals surface area contributed by atoms with Gasteiger partial charge in [-0.05, 0) is 24.9 Å². The molecule has 0 aliphatic heterocycles. The molecule has 92 valence electrons. The summed E-state index contributed by atoms with van der Waals surface area (Å²) in [5.74, 6) is 1.79. The third-order valence-electron chi connectivity index (χ3n) is 3.09. The summed E-state index contributed by atoms with van der Waals surface area (Å²) in [7, 11) is 1.95. The molecule has 0 saturated carbocycles. The monoisotopic (exact) mass is 224 g/mol. The fourth-order valence-electron chi connectivity index (χ4n) is 1.78. The lowest BCUT2D eigenvalue weighted by Gasteiger charge is -2.20. The SMILES string of the molecule is CC(C)CNCC(C)C(C)c1cnnn1C. The van der Waals surface area contributed by atoms with Gasteiger partial charge < -0.3 is 5.32 Å². The first-order valence-corrected chi connectivity index (χ1v) is 6.07. The molecule has 0 fully saturated rings. The lowest BCUT2D eigenvalue weighted by molar-refractivity contribution is 0.414. The summed E-state index contributed by atoms with van der Waals surface area (Å²) in [6, 6.07) is 0. The molecule has 1 aromatic rings. The van der Waals surface area contributed by atoms with Gasteiger partial charge in [-0.25, -0.2) is 0 Å². The Bertz CT molecular complexity index is 306. The number of aromatic nitrogens is 3. The van der Waals surface area contributed by atoms with E-state index in [9.17, 15) is 0 Å². The number of nitrogens with one attached hydrogen (secondary N) is 1. The maximum absolute atomic E-state index is 3.97. The molecule has 2 atom stereocenters. The van der Waals surface area contributed by atoms with Crippen molar-refractivity contribution in [1.29, 1.82) is 0 Å². The van der Waals surface area contributed by atoms with Crippen molar-refractivity contribution in [2.75, 3.05) is 13.1 Å². The molecule has 0 radical (unpaired) electrons. The van der Waals surface area contributed by atoms with E-state index in [0.717, 1.165) is 13.1 Å². The van der Waals surface area contributed by atoms with Gasteiger partial charge in [0, 0.05) is 13.0 Å². The van der Waals surface area contributed by atoms with Crippen LogP contribution >= 0.6 is 0 Å². The van der Waals surface area contributed by atoms with Gasteiger partial charge in [-0.3, -0.25) is 4.68 Å². The van der Waals surface area contributed by atoms with Gasteiger partial charge in [-0.15, -0.1) is 5.10 Å². The van der Waals surface area contributed by atoms with Crippen molar-refractivity contribution in [2.24, 2.45) is 18.9 Å². The molecule has 0 aliphatic carbocycles. The minimum atomic E-state index is 0.486. The van der Waals surface area contributed by atoms with Crippen molar-refractivity contribution < 1.29 is 0 Å². The molecule has 1 N–H and O–H groups in total. The van der Waals surface area contributed by atoms with E-state index in [1.165, 1.54) is 5.69 Å². The van der Waals surface area contributed by atoms with Crippen molar-refractivity contribution >= 4 is 0 Å². The van der Waals surface area contributed by atoms with Crippen molar-refractivity contribution in [3.05, 3.63) is 11.9 Å². The molecule has 1 heterocycles. The summed E-state index contributed by atoms with van der Waals surface area (Å²) in [6.07, 6.45) is 1.86. The molecule has 1 rings (SSSR count). The van der Waals surface area contributed by atoms with E-state index >= 15 is 0 Å². The van der Waals surface area contributed by atoms with Crippen molar-refractivity contribution in [2.45, 2.75) is 33.6 Å². The molecule has 0 spiro atoms. The zero-order chi connectivity index (χ0) is 12.1. The normalized spacial score (nSPS) is 15.4. The summed E-state index contributed by atoms with van der Waals surface area (Å²) in [4.78, 5) is 0. The second-order valence-corrected chi connectivity index (χ2v) is 5.10. The molecule has 0 aliphatic rings. The largest absolute Gasteiger partial charge is 0.316 e. The number of hydrogen-bond donors (Lipinski definition) is 1. The fourth-order valence-corrected chi connectivity index (χ4v) is 1.78. The van der Waals surface area contributed by atoms with Gasteiger partial charge in [-0.2, -0.15) is 0 Å². The maximum atomic E-state index is 3.97. The highest BCUT2D eigenvalue weighted by molar-refractivity contribution is 5.03. The Balaban J connectivity index is 2.42. The zero-order valence-corrected chi connectivity index (χ0v) is 11.1. The van der Waals surface area contributed by atoms with E-state index in [1.54, 1.807) is 0 Å². The van der Waals surface area contributed by atoms with E-state index in [-0.39, 0.29) is 0 Å². The van der Waals surface area contributed by atoms with Crippen LogP contribution in [0.15, 0.2) is 6.20 Å². The van der Waals surface area contributed by atoms with E-state index in [4.69, 9.17) is 0 Å². The van der Waals surface area contributed by atoms with E-state index in [0.29, 0.717) is 17.8 Å². The maximum Gasteiger partial charge on any atom is 0.0727 e. The van der Waals surface area contributed by atoms with Crippen LogP contribution in [0.5, 0.6) is 0 Å². The predicted octanol–water partition coefficient (Wildman–Crippen LogP) is 1.80. The third-order valence-corrected chi connectivity index (χ3v) is 3.09. The van der Waals surface area contributed by atoms with Crippen LogP contribution in [0.3, 0.4) is 0 Å². The molecule has 0 amide bonds. The van der Waals surface area contributed by atoms with Gasteiger partial charge in [0.1, 0.15) is 0 Å². The Hall–Kier alpha value is -0.900. The molecule has 0 aromatic carbocycles. The molecule has 0 saturated heterocycles. The molecule has 0 bridgehead atoms. The van der Waals surface area contributed by atoms with Crippen molar-refractivity contribution in [1.82, 2.24) is 20.3 Å². The Kier molecular flexibility index (Phi) is 4.93. The average molecular weight is 224 g/mol. The summed E-state index contributed by atoms with van der Waals surface area (Å²) >= 11 is 0. The fraction of sp³-hybridized carbons (Fsp3) is 0.833. The van der Waals surface area contributed by atoms with Gasteiger partial charge >= 0.3 is 0 Å². The second kappa shape index (κ2) is 5.99. The van der Waals surface area contributed by atoms with Crippen molar-refractivity contribution in [3.8, 4) is 0 Å². The minimum absolute atomic E-state index is 0.486. The smallest absolute Gasteiger partial charge is 0.0727 e. The van der Waals surface area contributed by atoms with Crippen LogP contribution in [0.2, 0.25) is 0 Å². The quantitative estimate of drug-likeness (QED) is 0.801. The van der Waals surface area contributed by atoms with Crippen LogP contribution in [0.4, 0.5) is 0 Å². The van der Waals surface area contributed by atoms with E-state index in [1.807, 2.05) is 17.9 Å². The highest BCUT2D eigenvalue weighted by atomic mass is 15.4. The van der Waals surface area contributed by atoms with Crippen LogP contribution in [0, 0.1) is 11.8 Å². The summed E-state index contributed by atoms with van der Waals surface area (Å²) < 4.78 is 1.86. The van der Waals surface area contributed by atoms with Gasteiger partial charge in [0.25, 0.3) is 0 Å². The highest BCUT2D eigenvalue weighted by Crippen LogP contribution is 2.21. The first kappa shape index (κ1) is 13.2. The Labute approximate surface area is 98.4 Å². The highest BCUT2D eigenvalue weighted by Gasteiger charge is 2.17.